The number of ether oxygens (including phenoxy) is 3. The Kier molecular flexibility index (Phi) is 7.48. The first kappa shape index (κ1) is 22.4. The number of carboxylic acids is 1. The van der Waals surface area contributed by atoms with Gasteiger partial charge in [0.25, 0.3) is 0 Å². The molecule has 0 aliphatic rings. The van der Waals surface area contributed by atoms with Crippen LogP contribution in [0.25, 0.3) is 0 Å². The third kappa shape index (κ3) is 5.32. The van der Waals surface area contributed by atoms with Gasteiger partial charge in [-0.25, -0.2) is 9.59 Å². The minimum Gasteiger partial charge on any atom is -0.478 e. The maximum Gasteiger partial charge on any atom is 0.392 e. The second-order valence-electron chi connectivity index (χ2n) is 5.25. The molecule has 1 N–H and O–H groups in total. The Morgan fingerprint density at radius 1 is 1.33 bits per heavy atom. The van der Waals surface area contributed by atoms with Gasteiger partial charge in [-0.05, 0) is 31.4 Å². The average molecular weight is 434 g/mol. The van der Waals surface area contributed by atoms with E-state index >= 15 is 0 Å². The van der Waals surface area contributed by atoms with Gasteiger partial charge in [-0.3, -0.25) is 10.1 Å². The maximum atomic E-state index is 11.6. The quantitative estimate of drug-likeness (QED) is 0.201. The standard InChI is InChI=1S/C17H14N4O8S/c1-3-27-12(22)8-28-14-13(21(25)26)15(20-17(19-14)30-2)29-11-6-9(7-18)4-5-10(11)16(23)24/h4-6H,3,8H2,1-2H3,(H,23,24). The monoisotopic (exact) mass is 434 g/mol. The predicted molar refractivity (Wildman–Crippen MR) is 101 cm³/mol. The minimum atomic E-state index is -1.38. The molecule has 12 nitrogen and oxygen atoms in total. The minimum absolute atomic E-state index is 0.00257. The first-order valence-electron chi connectivity index (χ1n) is 8.14. The molecule has 0 aliphatic carbocycles. The van der Waals surface area contributed by atoms with Crippen LogP contribution in [0.3, 0.4) is 0 Å². The molecule has 0 unspecified atom stereocenters. The van der Waals surface area contributed by atoms with Gasteiger partial charge >= 0.3 is 29.4 Å². The lowest BCUT2D eigenvalue weighted by atomic mass is 10.1. The van der Waals surface area contributed by atoms with Crippen LogP contribution < -0.4 is 9.47 Å². The molecule has 0 saturated heterocycles. The van der Waals surface area contributed by atoms with Crippen molar-refractivity contribution in [3.63, 3.8) is 0 Å². The number of nitriles is 1. The van der Waals surface area contributed by atoms with Gasteiger partial charge in [0.15, 0.2) is 11.8 Å². The van der Waals surface area contributed by atoms with Crippen molar-refractivity contribution in [2.75, 3.05) is 19.5 Å². The summed E-state index contributed by atoms with van der Waals surface area (Å²) >= 11 is 1.00. The smallest absolute Gasteiger partial charge is 0.392 e. The van der Waals surface area contributed by atoms with Gasteiger partial charge in [0, 0.05) is 0 Å². The lowest BCUT2D eigenvalue weighted by molar-refractivity contribution is -0.387. The SMILES string of the molecule is CCOC(=O)COc1nc(SC)nc(Oc2cc(C#N)ccc2C(=O)O)c1[N+](=O)[O-]. The fourth-order valence-electron chi connectivity index (χ4n) is 2.10. The highest BCUT2D eigenvalue weighted by Gasteiger charge is 2.30. The van der Waals surface area contributed by atoms with E-state index in [0.29, 0.717) is 0 Å². The molecule has 0 bridgehead atoms. The van der Waals surface area contributed by atoms with E-state index in [1.165, 1.54) is 6.07 Å². The second kappa shape index (κ2) is 10.0. The fraction of sp³-hybridized carbons (Fsp3) is 0.235. The van der Waals surface area contributed by atoms with Crippen molar-refractivity contribution in [1.29, 1.82) is 5.26 Å². The molecule has 2 rings (SSSR count). The summed E-state index contributed by atoms with van der Waals surface area (Å²) in [6, 6.07) is 5.30. The van der Waals surface area contributed by atoms with Crippen molar-refractivity contribution in [1.82, 2.24) is 9.97 Å². The summed E-state index contributed by atoms with van der Waals surface area (Å²) in [5.74, 6) is -3.67. The summed E-state index contributed by atoms with van der Waals surface area (Å²) in [5, 5.41) is 30.0. The number of rotatable bonds is 9. The number of nitrogens with zero attached hydrogens (tertiary/aromatic N) is 4. The van der Waals surface area contributed by atoms with Crippen molar-refractivity contribution >= 4 is 29.4 Å². The van der Waals surface area contributed by atoms with Crippen LogP contribution >= 0.6 is 11.8 Å². The summed E-state index contributed by atoms with van der Waals surface area (Å²) in [5.41, 5.74) is -1.10. The zero-order valence-corrected chi connectivity index (χ0v) is 16.5. The fourth-order valence-corrected chi connectivity index (χ4v) is 2.45. The Hall–Kier alpha value is -3.92. The number of aromatic carboxylic acids is 1. The lowest BCUT2D eigenvalue weighted by Gasteiger charge is -2.12. The molecule has 13 heteroatoms. The predicted octanol–water partition coefficient (Wildman–Crippen LogP) is 2.41. The van der Waals surface area contributed by atoms with Crippen LogP contribution in [-0.2, 0) is 9.53 Å². The summed E-state index contributed by atoms with van der Waals surface area (Å²) < 4.78 is 15.2. The molecular weight excluding hydrogens is 420 g/mol. The molecule has 0 spiro atoms. The number of hydrogen-bond donors (Lipinski definition) is 1. The van der Waals surface area contributed by atoms with E-state index in [4.69, 9.17) is 19.5 Å². The third-order valence-electron chi connectivity index (χ3n) is 3.34. The highest BCUT2D eigenvalue weighted by molar-refractivity contribution is 7.98. The van der Waals surface area contributed by atoms with Crippen LogP contribution in [0.2, 0.25) is 0 Å². The Morgan fingerprint density at radius 2 is 2.03 bits per heavy atom. The number of nitro groups is 1. The van der Waals surface area contributed by atoms with Gasteiger partial charge in [-0.15, -0.1) is 0 Å². The van der Waals surface area contributed by atoms with Gasteiger partial charge in [0.05, 0.1) is 23.2 Å². The largest absolute Gasteiger partial charge is 0.478 e. The van der Waals surface area contributed by atoms with E-state index in [2.05, 4.69) is 9.97 Å². The number of carboxylic acid groups (broad SMARTS) is 1. The second-order valence-corrected chi connectivity index (χ2v) is 6.02. The molecule has 0 radical (unpaired) electrons. The molecule has 30 heavy (non-hydrogen) atoms. The number of hydrogen-bond acceptors (Lipinski definition) is 11. The van der Waals surface area contributed by atoms with Crippen molar-refractivity contribution < 1.29 is 33.8 Å². The first-order valence-corrected chi connectivity index (χ1v) is 9.37. The topological polar surface area (TPSA) is 175 Å². The highest BCUT2D eigenvalue weighted by Crippen LogP contribution is 2.38. The molecule has 0 amide bonds. The number of aromatic nitrogens is 2. The van der Waals surface area contributed by atoms with Gasteiger partial charge in [0.2, 0.25) is 0 Å². The molecule has 1 aromatic heterocycles. The number of carbonyl (C=O) groups is 2. The number of carbonyl (C=O) groups excluding carboxylic acids is 1. The third-order valence-corrected chi connectivity index (χ3v) is 3.89. The van der Waals surface area contributed by atoms with Crippen LogP contribution in [0.5, 0.6) is 17.5 Å². The molecule has 0 aliphatic heterocycles. The zero-order chi connectivity index (χ0) is 22.3. The van der Waals surface area contributed by atoms with Gasteiger partial charge in [0.1, 0.15) is 11.3 Å². The summed E-state index contributed by atoms with van der Waals surface area (Å²) in [4.78, 5) is 41.5. The van der Waals surface area contributed by atoms with Crippen molar-refractivity contribution in [3.8, 4) is 23.6 Å². The summed E-state index contributed by atoms with van der Waals surface area (Å²) in [6.45, 7) is 1.02. The molecule has 156 valence electrons. The molecule has 0 fully saturated rings. The van der Waals surface area contributed by atoms with E-state index < -0.39 is 40.9 Å². The van der Waals surface area contributed by atoms with Gasteiger partial charge < -0.3 is 19.3 Å². The Labute approximate surface area is 173 Å². The Bertz CT molecular complexity index is 1040. The number of thioether (sulfide) groups is 1. The van der Waals surface area contributed by atoms with E-state index in [9.17, 15) is 24.8 Å². The zero-order valence-electron chi connectivity index (χ0n) is 15.6. The van der Waals surface area contributed by atoms with Crippen molar-refractivity contribution in [2.45, 2.75) is 12.1 Å². The lowest BCUT2D eigenvalue weighted by Crippen LogP contribution is -2.16. The normalized spacial score (nSPS) is 10.0. The van der Waals surface area contributed by atoms with E-state index in [-0.39, 0.29) is 28.6 Å². The molecule has 0 saturated carbocycles. The molecule has 2 aromatic rings. The van der Waals surface area contributed by atoms with E-state index in [0.717, 1.165) is 23.9 Å². The van der Waals surface area contributed by atoms with E-state index in [1.807, 2.05) is 6.07 Å². The highest BCUT2D eigenvalue weighted by atomic mass is 32.2. The van der Waals surface area contributed by atoms with Crippen molar-refractivity contribution in [2.24, 2.45) is 0 Å². The van der Waals surface area contributed by atoms with Crippen LogP contribution in [0.15, 0.2) is 23.4 Å². The van der Waals surface area contributed by atoms with Gasteiger partial charge in [-0.1, -0.05) is 11.8 Å². The molecular formula is C17H14N4O8S. The van der Waals surface area contributed by atoms with Crippen LogP contribution in [0, 0.1) is 21.4 Å². The number of esters is 1. The Balaban J connectivity index is 2.56. The molecule has 1 heterocycles. The first-order chi connectivity index (χ1) is 14.3. The Morgan fingerprint density at radius 3 is 2.60 bits per heavy atom. The van der Waals surface area contributed by atoms with Crippen LogP contribution in [0.1, 0.15) is 22.8 Å². The summed E-state index contributed by atoms with van der Waals surface area (Å²) in [7, 11) is 0. The summed E-state index contributed by atoms with van der Waals surface area (Å²) in [6.07, 6.45) is 1.58. The number of benzene rings is 1. The van der Waals surface area contributed by atoms with Gasteiger partial charge in [-0.2, -0.15) is 15.2 Å². The molecule has 0 atom stereocenters. The maximum absolute atomic E-state index is 11.6. The van der Waals surface area contributed by atoms with Crippen LogP contribution in [-0.4, -0.2) is 51.4 Å². The van der Waals surface area contributed by atoms with Crippen molar-refractivity contribution in [3.05, 3.63) is 39.4 Å². The average Bonchev–Trinajstić information content (AvgIpc) is 2.71. The van der Waals surface area contributed by atoms with E-state index in [1.54, 1.807) is 13.2 Å². The molecule has 1 aromatic carbocycles. The van der Waals surface area contributed by atoms with Crippen LogP contribution in [0.4, 0.5) is 5.69 Å².